The molecule has 2 rings (SSSR count). The number of ketones is 1. The monoisotopic (exact) mass is 327 g/mol. The molecule has 1 aromatic heterocycles. The number of carbonyl (C=O) groups is 1. The SMILES string of the molecule is C[S@@](=O)c1nncn1CC(=O)c1cccc(Br)c1. The van der Waals surface area contributed by atoms with Crippen molar-refractivity contribution in [2.24, 2.45) is 0 Å². The first-order valence-corrected chi connectivity index (χ1v) is 7.43. The average molecular weight is 328 g/mol. The average Bonchev–Trinajstić information content (AvgIpc) is 2.77. The third kappa shape index (κ3) is 2.91. The number of rotatable bonds is 4. The fourth-order valence-electron chi connectivity index (χ4n) is 1.48. The summed E-state index contributed by atoms with van der Waals surface area (Å²) in [6.07, 6.45) is 2.91. The van der Waals surface area contributed by atoms with Crippen LogP contribution < -0.4 is 0 Å². The van der Waals surface area contributed by atoms with Gasteiger partial charge < -0.3 is 0 Å². The van der Waals surface area contributed by atoms with Crippen LogP contribution in [-0.4, -0.2) is 31.0 Å². The Morgan fingerprint density at radius 2 is 2.28 bits per heavy atom. The van der Waals surface area contributed by atoms with E-state index in [0.717, 1.165) is 4.47 Å². The van der Waals surface area contributed by atoms with Gasteiger partial charge in [0.05, 0.1) is 17.3 Å². The van der Waals surface area contributed by atoms with E-state index in [-0.39, 0.29) is 12.3 Å². The summed E-state index contributed by atoms with van der Waals surface area (Å²) >= 11 is 3.31. The number of benzene rings is 1. The third-order valence-corrected chi connectivity index (χ3v) is 3.62. The number of Topliss-reactive ketones (excluding diaryl/α,β-unsaturated/α-hetero) is 1. The van der Waals surface area contributed by atoms with Crippen molar-refractivity contribution in [3.8, 4) is 0 Å². The van der Waals surface area contributed by atoms with Crippen LogP contribution in [0.15, 0.2) is 40.2 Å². The topological polar surface area (TPSA) is 64.8 Å². The molecule has 1 aromatic carbocycles. The molecular formula is C11H10BrN3O2S. The largest absolute Gasteiger partial charge is 0.299 e. The van der Waals surface area contributed by atoms with Crippen molar-refractivity contribution in [3.05, 3.63) is 40.6 Å². The maximum atomic E-state index is 12.0. The molecule has 0 saturated carbocycles. The summed E-state index contributed by atoms with van der Waals surface area (Å²) in [5.74, 6) is -0.0807. The molecule has 0 unspecified atom stereocenters. The summed E-state index contributed by atoms with van der Waals surface area (Å²) in [7, 11) is -1.26. The molecule has 0 amide bonds. The van der Waals surface area contributed by atoms with E-state index in [4.69, 9.17) is 0 Å². The van der Waals surface area contributed by atoms with Crippen LogP contribution in [0.5, 0.6) is 0 Å². The highest BCUT2D eigenvalue weighted by Gasteiger charge is 2.13. The molecule has 0 aliphatic heterocycles. The molecule has 0 aliphatic carbocycles. The number of hydrogen-bond donors (Lipinski definition) is 0. The van der Waals surface area contributed by atoms with Gasteiger partial charge in [0.15, 0.2) is 5.78 Å². The second-order valence-corrected chi connectivity index (χ2v) is 5.82. The second kappa shape index (κ2) is 5.53. The zero-order valence-electron chi connectivity index (χ0n) is 9.54. The lowest BCUT2D eigenvalue weighted by Gasteiger charge is -2.04. The number of carbonyl (C=O) groups excluding carboxylic acids is 1. The predicted octanol–water partition coefficient (Wildman–Crippen LogP) is 1.66. The van der Waals surface area contributed by atoms with Crippen LogP contribution in [0.4, 0.5) is 0 Å². The molecule has 0 spiro atoms. The van der Waals surface area contributed by atoms with Crippen molar-refractivity contribution in [2.45, 2.75) is 11.7 Å². The minimum absolute atomic E-state index is 0.0807. The molecule has 0 fully saturated rings. The van der Waals surface area contributed by atoms with Gasteiger partial charge in [0.25, 0.3) is 0 Å². The normalized spacial score (nSPS) is 12.3. The number of halogens is 1. The lowest BCUT2D eigenvalue weighted by molar-refractivity contribution is 0.0969. The zero-order chi connectivity index (χ0) is 13.1. The molecule has 5 nitrogen and oxygen atoms in total. The van der Waals surface area contributed by atoms with E-state index in [9.17, 15) is 9.00 Å². The van der Waals surface area contributed by atoms with Crippen molar-refractivity contribution in [1.82, 2.24) is 14.8 Å². The summed E-state index contributed by atoms with van der Waals surface area (Å²) in [6, 6.07) is 7.12. The highest BCUT2D eigenvalue weighted by molar-refractivity contribution is 9.10. The molecule has 2 aromatic rings. The van der Waals surface area contributed by atoms with Gasteiger partial charge in [-0.1, -0.05) is 28.1 Å². The Bertz CT molecular complexity index is 612. The van der Waals surface area contributed by atoms with Crippen molar-refractivity contribution in [2.75, 3.05) is 6.26 Å². The summed E-state index contributed by atoms with van der Waals surface area (Å²) < 4.78 is 13.7. The van der Waals surface area contributed by atoms with E-state index in [1.807, 2.05) is 6.07 Å². The predicted molar refractivity (Wildman–Crippen MR) is 70.8 cm³/mol. The van der Waals surface area contributed by atoms with Gasteiger partial charge in [-0.2, -0.15) is 0 Å². The first-order chi connectivity index (χ1) is 8.58. The first-order valence-electron chi connectivity index (χ1n) is 5.08. The van der Waals surface area contributed by atoms with Gasteiger partial charge in [-0.15, -0.1) is 10.2 Å². The van der Waals surface area contributed by atoms with E-state index < -0.39 is 10.8 Å². The summed E-state index contributed by atoms with van der Waals surface area (Å²) in [5, 5.41) is 7.70. The van der Waals surface area contributed by atoms with Gasteiger partial charge in [0, 0.05) is 16.3 Å². The Hall–Kier alpha value is -1.34. The van der Waals surface area contributed by atoms with Crippen molar-refractivity contribution < 1.29 is 9.00 Å². The van der Waals surface area contributed by atoms with Gasteiger partial charge in [-0.05, 0) is 12.1 Å². The van der Waals surface area contributed by atoms with Gasteiger partial charge in [0.2, 0.25) is 5.16 Å². The Balaban J connectivity index is 2.21. The van der Waals surface area contributed by atoms with Gasteiger partial charge in [0.1, 0.15) is 6.33 Å². The van der Waals surface area contributed by atoms with Gasteiger partial charge in [-0.25, -0.2) is 0 Å². The van der Waals surface area contributed by atoms with Crippen LogP contribution in [0.3, 0.4) is 0 Å². The molecule has 0 aliphatic rings. The number of nitrogens with zero attached hydrogens (tertiary/aromatic N) is 3. The highest BCUT2D eigenvalue weighted by Crippen LogP contribution is 2.13. The van der Waals surface area contributed by atoms with Crippen LogP contribution in [-0.2, 0) is 17.3 Å². The fourth-order valence-corrected chi connectivity index (χ4v) is 2.49. The van der Waals surface area contributed by atoms with Crippen LogP contribution in [0, 0.1) is 0 Å². The van der Waals surface area contributed by atoms with Crippen LogP contribution in [0.2, 0.25) is 0 Å². The molecule has 7 heteroatoms. The van der Waals surface area contributed by atoms with E-state index in [0.29, 0.717) is 10.7 Å². The van der Waals surface area contributed by atoms with E-state index in [1.165, 1.54) is 17.2 Å². The maximum Gasteiger partial charge on any atom is 0.221 e. The minimum atomic E-state index is -1.26. The smallest absolute Gasteiger partial charge is 0.221 e. The molecule has 0 bridgehead atoms. The molecule has 1 heterocycles. The van der Waals surface area contributed by atoms with Crippen LogP contribution >= 0.6 is 15.9 Å². The lowest BCUT2D eigenvalue weighted by Crippen LogP contribution is -2.13. The van der Waals surface area contributed by atoms with Crippen molar-refractivity contribution in [3.63, 3.8) is 0 Å². The van der Waals surface area contributed by atoms with Crippen LogP contribution in [0.1, 0.15) is 10.4 Å². The Kier molecular flexibility index (Phi) is 4.03. The van der Waals surface area contributed by atoms with Gasteiger partial charge >= 0.3 is 0 Å². The summed E-state index contributed by atoms with van der Waals surface area (Å²) in [4.78, 5) is 12.0. The van der Waals surface area contributed by atoms with Crippen LogP contribution in [0.25, 0.3) is 0 Å². The molecule has 0 N–H and O–H groups in total. The quantitative estimate of drug-likeness (QED) is 0.801. The van der Waals surface area contributed by atoms with E-state index in [2.05, 4.69) is 26.1 Å². The number of aromatic nitrogens is 3. The second-order valence-electron chi connectivity index (χ2n) is 3.63. The molecule has 94 valence electrons. The summed E-state index contributed by atoms with van der Waals surface area (Å²) in [5.41, 5.74) is 0.589. The molecule has 0 saturated heterocycles. The standard InChI is InChI=1S/C11H10BrN3O2S/c1-18(17)11-14-13-7-15(11)6-10(16)8-3-2-4-9(12)5-8/h2-5,7H,6H2,1H3/t18-/m1/s1. The Morgan fingerprint density at radius 1 is 1.50 bits per heavy atom. The minimum Gasteiger partial charge on any atom is -0.299 e. The first kappa shape index (κ1) is 13.1. The maximum absolute atomic E-state index is 12.0. The van der Waals surface area contributed by atoms with Crippen molar-refractivity contribution >= 4 is 32.5 Å². The Morgan fingerprint density at radius 3 is 2.94 bits per heavy atom. The number of hydrogen-bond acceptors (Lipinski definition) is 4. The molecule has 1 atom stereocenters. The summed E-state index contributed by atoms with van der Waals surface area (Å²) in [6.45, 7) is 0.0817. The molecule has 18 heavy (non-hydrogen) atoms. The Labute approximate surface area is 115 Å². The fraction of sp³-hybridized carbons (Fsp3) is 0.182. The van der Waals surface area contributed by atoms with E-state index in [1.54, 1.807) is 18.2 Å². The third-order valence-electron chi connectivity index (χ3n) is 2.30. The van der Waals surface area contributed by atoms with E-state index >= 15 is 0 Å². The highest BCUT2D eigenvalue weighted by atomic mass is 79.9. The molecule has 0 radical (unpaired) electrons. The zero-order valence-corrected chi connectivity index (χ0v) is 11.9. The lowest BCUT2D eigenvalue weighted by atomic mass is 10.1. The van der Waals surface area contributed by atoms with Gasteiger partial charge in [-0.3, -0.25) is 13.6 Å². The van der Waals surface area contributed by atoms with Crippen molar-refractivity contribution in [1.29, 1.82) is 0 Å². The molecular weight excluding hydrogens is 318 g/mol.